The van der Waals surface area contributed by atoms with E-state index in [9.17, 15) is 0 Å². The molecule has 0 fully saturated rings. The largest absolute Gasteiger partial charge is 0.494 e. The van der Waals surface area contributed by atoms with Crippen molar-refractivity contribution in [1.29, 1.82) is 5.26 Å². The first kappa shape index (κ1) is 13.8. The number of aromatic nitrogens is 2. The van der Waals surface area contributed by atoms with E-state index in [0.29, 0.717) is 24.7 Å². The van der Waals surface area contributed by atoms with Gasteiger partial charge in [-0.15, -0.1) is 0 Å². The summed E-state index contributed by atoms with van der Waals surface area (Å²) in [5, 5.41) is 9.07. The van der Waals surface area contributed by atoms with Gasteiger partial charge in [-0.25, -0.2) is 9.97 Å². The Morgan fingerprint density at radius 3 is 2.75 bits per heavy atom. The topological polar surface area (TPSA) is 62.0 Å². The summed E-state index contributed by atoms with van der Waals surface area (Å²) in [5.41, 5.74) is 1.37. The highest BCUT2D eigenvalue weighted by Gasteiger charge is 2.12. The molecule has 102 valence electrons. The molecule has 0 saturated carbocycles. The Morgan fingerprint density at radius 1 is 1.25 bits per heavy atom. The molecule has 1 aromatic heterocycles. The van der Waals surface area contributed by atoms with E-state index in [1.807, 2.05) is 43.1 Å². The Morgan fingerprint density at radius 2 is 2.00 bits per heavy atom. The number of hydrogen-bond acceptors (Lipinski definition) is 5. The zero-order chi connectivity index (χ0) is 14.4. The lowest BCUT2D eigenvalue weighted by molar-refractivity contribution is 0.336. The van der Waals surface area contributed by atoms with Gasteiger partial charge in [-0.1, -0.05) is 18.2 Å². The molecule has 1 heterocycles. The molecule has 0 radical (unpaired) electrons. The molecule has 0 aliphatic rings. The fraction of sp³-hybridized carbons (Fsp3) is 0.267. The second-order valence-corrected chi connectivity index (χ2v) is 4.24. The Bertz CT molecular complexity index is 621. The van der Waals surface area contributed by atoms with Crippen LogP contribution in [-0.4, -0.2) is 23.6 Å². The van der Waals surface area contributed by atoms with Gasteiger partial charge < -0.3 is 9.64 Å². The van der Waals surface area contributed by atoms with Crippen molar-refractivity contribution < 1.29 is 4.74 Å². The van der Waals surface area contributed by atoms with Crippen LogP contribution in [0.15, 0.2) is 36.7 Å². The van der Waals surface area contributed by atoms with E-state index >= 15 is 0 Å². The lowest BCUT2D eigenvalue weighted by Gasteiger charge is -2.20. The SMILES string of the molecule is CCOc1ccccc1CN(C)c1nccnc1C#N. The van der Waals surface area contributed by atoms with Crippen molar-refractivity contribution >= 4 is 5.82 Å². The minimum absolute atomic E-state index is 0.323. The van der Waals surface area contributed by atoms with Gasteiger partial charge in [-0.3, -0.25) is 0 Å². The number of ether oxygens (including phenoxy) is 1. The first-order chi connectivity index (χ1) is 9.76. The molecule has 2 rings (SSSR count). The predicted molar refractivity (Wildman–Crippen MR) is 76.5 cm³/mol. The molecular weight excluding hydrogens is 252 g/mol. The molecule has 0 bridgehead atoms. The van der Waals surface area contributed by atoms with Crippen molar-refractivity contribution in [3.05, 3.63) is 47.9 Å². The quantitative estimate of drug-likeness (QED) is 0.833. The van der Waals surface area contributed by atoms with Crippen molar-refractivity contribution in [2.45, 2.75) is 13.5 Å². The van der Waals surface area contributed by atoms with E-state index < -0.39 is 0 Å². The summed E-state index contributed by atoms with van der Waals surface area (Å²) in [5.74, 6) is 1.42. The number of anilines is 1. The van der Waals surface area contributed by atoms with E-state index in [1.165, 1.54) is 6.20 Å². The van der Waals surface area contributed by atoms with Gasteiger partial charge in [0.25, 0.3) is 0 Å². The molecule has 0 saturated heterocycles. The van der Waals surface area contributed by atoms with Crippen LogP contribution in [-0.2, 0) is 6.54 Å². The molecule has 2 aromatic rings. The normalized spacial score (nSPS) is 9.85. The summed E-state index contributed by atoms with van der Waals surface area (Å²) in [7, 11) is 1.88. The monoisotopic (exact) mass is 268 g/mol. The van der Waals surface area contributed by atoms with Crippen LogP contribution in [0.1, 0.15) is 18.2 Å². The highest BCUT2D eigenvalue weighted by Crippen LogP contribution is 2.22. The van der Waals surface area contributed by atoms with E-state index in [0.717, 1.165) is 11.3 Å². The van der Waals surface area contributed by atoms with Crippen LogP contribution < -0.4 is 9.64 Å². The van der Waals surface area contributed by atoms with Crippen molar-refractivity contribution in [3.8, 4) is 11.8 Å². The van der Waals surface area contributed by atoms with E-state index in [-0.39, 0.29) is 0 Å². The molecule has 0 N–H and O–H groups in total. The lowest BCUT2D eigenvalue weighted by Crippen LogP contribution is -2.20. The average Bonchev–Trinajstić information content (AvgIpc) is 2.49. The standard InChI is InChI=1S/C15H16N4O/c1-3-20-14-7-5-4-6-12(14)11-19(2)15-13(10-16)17-8-9-18-15/h4-9H,3,11H2,1-2H3. The molecule has 0 aliphatic heterocycles. The maximum Gasteiger partial charge on any atom is 0.183 e. The van der Waals surface area contributed by atoms with Crippen LogP contribution in [0.5, 0.6) is 5.75 Å². The van der Waals surface area contributed by atoms with E-state index in [4.69, 9.17) is 10.00 Å². The minimum Gasteiger partial charge on any atom is -0.494 e. The maximum absolute atomic E-state index is 9.07. The number of benzene rings is 1. The molecular formula is C15H16N4O. The highest BCUT2D eigenvalue weighted by atomic mass is 16.5. The third-order valence-corrected chi connectivity index (χ3v) is 2.83. The van der Waals surface area contributed by atoms with E-state index in [1.54, 1.807) is 6.20 Å². The van der Waals surface area contributed by atoms with E-state index in [2.05, 4.69) is 16.0 Å². The molecule has 20 heavy (non-hydrogen) atoms. The van der Waals surface area contributed by atoms with Crippen LogP contribution in [0.3, 0.4) is 0 Å². The Balaban J connectivity index is 2.24. The Kier molecular flexibility index (Phi) is 4.51. The zero-order valence-electron chi connectivity index (χ0n) is 11.6. The molecule has 0 atom stereocenters. The van der Waals surface area contributed by atoms with Gasteiger partial charge in [0.15, 0.2) is 11.5 Å². The van der Waals surface area contributed by atoms with Crippen LogP contribution >= 0.6 is 0 Å². The predicted octanol–water partition coefficient (Wildman–Crippen LogP) is 2.38. The number of para-hydroxylation sites is 1. The van der Waals surface area contributed by atoms with Crippen molar-refractivity contribution in [2.24, 2.45) is 0 Å². The molecule has 0 aliphatic carbocycles. The van der Waals surface area contributed by atoms with Gasteiger partial charge >= 0.3 is 0 Å². The van der Waals surface area contributed by atoms with Crippen LogP contribution in [0.25, 0.3) is 0 Å². The second kappa shape index (κ2) is 6.53. The van der Waals surface area contributed by atoms with Crippen molar-refractivity contribution in [3.63, 3.8) is 0 Å². The highest BCUT2D eigenvalue weighted by molar-refractivity contribution is 5.50. The van der Waals surface area contributed by atoms with Gasteiger partial charge in [0.1, 0.15) is 11.8 Å². The second-order valence-electron chi connectivity index (χ2n) is 4.24. The van der Waals surface area contributed by atoms with Crippen LogP contribution in [0.2, 0.25) is 0 Å². The first-order valence-corrected chi connectivity index (χ1v) is 6.39. The molecule has 1 aromatic carbocycles. The zero-order valence-corrected chi connectivity index (χ0v) is 11.6. The van der Waals surface area contributed by atoms with Gasteiger partial charge in [0.2, 0.25) is 0 Å². The number of nitrogens with zero attached hydrogens (tertiary/aromatic N) is 4. The maximum atomic E-state index is 9.07. The smallest absolute Gasteiger partial charge is 0.183 e. The molecule has 0 spiro atoms. The van der Waals surface area contributed by atoms with Gasteiger partial charge in [0.05, 0.1) is 6.61 Å². The summed E-state index contributed by atoms with van der Waals surface area (Å²) in [4.78, 5) is 10.1. The number of rotatable bonds is 5. The minimum atomic E-state index is 0.323. The summed E-state index contributed by atoms with van der Waals surface area (Å²) in [6, 6.07) is 9.91. The number of hydrogen-bond donors (Lipinski definition) is 0. The fourth-order valence-electron chi connectivity index (χ4n) is 1.95. The molecule has 5 nitrogen and oxygen atoms in total. The fourth-order valence-corrected chi connectivity index (χ4v) is 1.95. The summed E-state index contributed by atoms with van der Waals surface area (Å²) in [6.07, 6.45) is 3.10. The van der Waals surface area contributed by atoms with Crippen molar-refractivity contribution in [1.82, 2.24) is 9.97 Å². The molecule has 0 amide bonds. The van der Waals surface area contributed by atoms with Gasteiger partial charge in [-0.05, 0) is 13.0 Å². The summed E-state index contributed by atoms with van der Waals surface area (Å²) < 4.78 is 5.60. The molecule has 5 heteroatoms. The number of nitriles is 1. The molecule has 0 unspecified atom stereocenters. The summed E-state index contributed by atoms with van der Waals surface area (Å²) >= 11 is 0. The average molecular weight is 268 g/mol. The Hall–Kier alpha value is -2.61. The first-order valence-electron chi connectivity index (χ1n) is 6.39. The van der Waals surface area contributed by atoms with Crippen LogP contribution in [0, 0.1) is 11.3 Å². The Labute approximate surface area is 118 Å². The van der Waals surface area contributed by atoms with Gasteiger partial charge in [-0.2, -0.15) is 5.26 Å². The lowest BCUT2D eigenvalue weighted by atomic mass is 10.2. The van der Waals surface area contributed by atoms with Crippen molar-refractivity contribution in [2.75, 3.05) is 18.6 Å². The van der Waals surface area contributed by atoms with Gasteiger partial charge in [0, 0.05) is 31.5 Å². The summed E-state index contributed by atoms with van der Waals surface area (Å²) in [6.45, 7) is 3.18. The van der Waals surface area contributed by atoms with Crippen LogP contribution in [0.4, 0.5) is 5.82 Å². The third-order valence-electron chi connectivity index (χ3n) is 2.83. The third kappa shape index (κ3) is 3.04.